The zero-order valence-corrected chi connectivity index (χ0v) is 9.61. The lowest BCUT2D eigenvalue weighted by molar-refractivity contribution is 0.319. The van der Waals surface area contributed by atoms with Crippen molar-refractivity contribution in [2.24, 2.45) is 0 Å². The fraction of sp³-hybridized carbons (Fsp3) is 0.714. The maximum absolute atomic E-state index is 5.46. The van der Waals surface area contributed by atoms with Crippen LogP contribution in [-0.4, -0.2) is 40.3 Å². The summed E-state index contributed by atoms with van der Waals surface area (Å²) in [5, 5.41) is 4.07. The van der Waals surface area contributed by atoms with Crippen molar-refractivity contribution in [3.05, 3.63) is 4.73 Å². The summed E-state index contributed by atoms with van der Waals surface area (Å²) >= 11 is 3.30. The third-order valence-corrected chi connectivity index (χ3v) is 2.19. The van der Waals surface area contributed by atoms with Crippen molar-refractivity contribution in [1.82, 2.24) is 19.7 Å². The summed E-state index contributed by atoms with van der Waals surface area (Å²) < 4.78 is 2.45. The summed E-state index contributed by atoms with van der Waals surface area (Å²) in [5.74, 6) is 0.303. The molecule has 74 valence electrons. The highest BCUT2D eigenvalue weighted by molar-refractivity contribution is 9.10. The zero-order chi connectivity index (χ0) is 10.0. The highest BCUT2D eigenvalue weighted by atomic mass is 79.9. The van der Waals surface area contributed by atoms with Crippen molar-refractivity contribution in [3.63, 3.8) is 0 Å². The lowest BCUT2D eigenvalue weighted by atomic mass is 10.3. The number of halogens is 1. The number of nitrogens with two attached hydrogens (primary N) is 1. The molecule has 13 heavy (non-hydrogen) atoms. The van der Waals surface area contributed by atoms with Crippen LogP contribution in [0.4, 0.5) is 5.95 Å². The normalized spacial score (nSPS) is 13.6. The lowest BCUT2D eigenvalue weighted by Crippen LogP contribution is -2.23. The molecule has 0 radical (unpaired) electrons. The third-order valence-electron chi connectivity index (χ3n) is 1.65. The fourth-order valence-corrected chi connectivity index (χ4v) is 1.82. The lowest BCUT2D eigenvalue weighted by Gasteiger charge is -2.17. The average Bonchev–Trinajstić information content (AvgIpc) is 2.28. The van der Waals surface area contributed by atoms with Crippen LogP contribution < -0.4 is 5.73 Å². The molecule has 0 aliphatic carbocycles. The van der Waals surface area contributed by atoms with Gasteiger partial charge in [0.1, 0.15) is 0 Å². The predicted octanol–water partition coefficient (Wildman–Crippen LogP) is 0.745. The molecule has 0 aliphatic rings. The van der Waals surface area contributed by atoms with E-state index in [9.17, 15) is 0 Å². The molecule has 0 saturated carbocycles. The average molecular weight is 248 g/mol. The second-order valence-corrected chi connectivity index (χ2v) is 4.00. The minimum Gasteiger partial charge on any atom is -0.366 e. The van der Waals surface area contributed by atoms with Gasteiger partial charge in [0.25, 0.3) is 0 Å². The number of rotatable bonds is 3. The highest BCUT2D eigenvalue weighted by Gasteiger charge is 2.12. The molecule has 1 aromatic heterocycles. The second kappa shape index (κ2) is 4.06. The Balaban J connectivity index is 2.76. The Labute approximate surface area is 86.1 Å². The van der Waals surface area contributed by atoms with Crippen molar-refractivity contribution in [1.29, 1.82) is 0 Å². The zero-order valence-electron chi connectivity index (χ0n) is 8.03. The first kappa shape index (κ1) is 10.5. The van der Waals surface area contributed by atoms with Gasteiger partial charge in [-0.3, -0.25) is 0 Å². The monoisotopic (exact) mass is 247 g/mol. The third kappa shape index (κ3) is 2.67. The van der Waals surface area contributed by atoms with Gasteiger partial charge >= 0.3 is 0 Å². The van der Waals surface area contributed by atoms with Crippen LogP contribution in [0.25, 0.3) is 0 Å². The van der Waals surface area contributed by atoms with E-state index in [0.29, 0.717) is 10.7 Å². The van der Waals surface area contributed by atoms with Crippen molar-refractivity contribution < 1.29 is 0 Å². The molecule has 0 aliphatic heterocycles. The van der Waals surface area contributed by atoms with E-state index >= 15 is 0 Å². The van der Waals surface area contributed by atoms with Crippen LogP contribution in [-0.2, 0) is 0 Å². The van der Waals surface area contributed by atoms with E-state index in [-0.39, 0.29) is 6.04 Å². The van der Waals surface area contributed by atoms with E-state index in [1.807, 2.05) is 14.1 Å². The molecule has 6 heteroatoms. The number of anilines is 1. The number of nitrogens with zero attached hydrogens (tertiary/aromatic N) is 4. The van der Waals surface area contributed by atoms with Gasteiger partial charge in [0.15, 0.2) is 4.73 Å². The van der Waals surface area contributed by atoms with E-state index in [1.165, 1.54) is 0 Å². The first-order chi connectivity index (χ1) is 6.00. The summed E-state index contributed by atoms with van der Waals surface area (Å²) in [6.45, 7) is 2.97. The Morgan fingerprint density at radius 2 is 2.23 bits per heavy atom. The minimum atomic E-state index is 0.258. The Kier molecular flexibility index (Phi) is 3.27. The van der Waals surface area contributed by atoms with Gasteiger partial charge in [-0.2, -0.15) is 4.98 Å². The van der Waals surface area contributed by atoms with Crippen LogP contribution in [0.1, 0.15) is 13.0 Å². The number of hydrogen-bond acceptors (Lipinski definition) is 4. The summed E-state index contributed by atoms with van der Waals surface area (Å²) in [5.41, 5.74) is 5.46. The van der Waals surface area contributed by atoms with Crippen molar-refractivity contribution >= 4 is 21.9 Å². The van der Waals surface area contributed by atoms with Gasteiger partial charge in [0, 0.05) is 6.54 Å². The van der Waals surface area contributed by atoms with Crippen LogP contribution in [0.15, 0.2) is 4.73 Å². The van der Waals surface area contributed by atoms with Crippen LogP contribution in [0.3, 0.4) is 0 Å². The van der Waals surface area contributed by atoms with Gasteiger partial charge in [0.2, 0.25) is 5.95 Å². The van der Waals surface area contributed by atoms with Crippen LogP contribution >= 0.6 is 15.9 Å². The predicted molar refractivity (Wildman–Crippen MR) is 55.4 cm³/mol. The molecule has 0 aromatic carbocycles. The molecule has 1 atom stereocenters. The molecule has 0 spiro atoms. The molecule has 1 unspecified atom stereocenters. The molecule has 5 nitrogen and oxygen atoms in total. The highest BCUT2D eigenvalue weighted by Crippen LogP contribution is 2.14. The molecule has 0 bridgehead atoms. The topological polar surface area (TPSA) is 60.0 Å². The van der Waals surface area contributed by atoms with E-state index < -0.39 is 0 Å². The molecule has 2 N–H and O–H groups in total. The standard InChI is InChI=1S/C7H14BrN5/c1-5(4-12(2)3)13-6(8)10-7(9)11-13/h5H,4H2,1-3H3,(H2,9,11). The van der Waals surface area contributed by atoms with Gasteiger partial charge < -0.3 is 10.6 Å². The quantitative estimate of drug-likeness (QED) is 0.857. The van der Waals surface area contributed by atoms with E-state index in [2.05, 4.69) is 37.8 Å². The maximum atomic E-state index is 5.46. The SMILES string of the molecule is CC(CN(C)C)n1nc(N)nc1Br. The summed E-state index contributed by atoms with van der Waals surface area (Å²) in [4.78, 5) is 6.06. The number of likely N-dealkylation sites (N-methyl/N-ethyl adjacent to an activating group) is 1. The summed E-state index contributed by atoms with van der Waals surface area (Å²) in [6, 6.07) is 0.258. The second-order valence-electron chi connectivity index (χ2n) is 3.29. The summed E-state index contributed by atoms with van der Waals surface area (Å²) in [6.07, 6.45) is 0. The Morgan fingerprint density at radius 1 is 1.62 bits per heavy atom. The van der Waals surface area contributed by atoms with Gasteiger partial charge in [-0.05, 0) is 36.9 Å². The molecular formula is C7H14BrN5. The van der Waals surface area contributed by atoms with Crippen molar-refractivity contribution in [3.8, 4) is 0 Å². The molecule has 0 saturated heterocycles. The first-order valence-corrected chi connectivity index (χ1v) is 4.82. The van der Waals surface area contributed by atoms with E-state index in [0.717, 1.165) is 6.54 Å². The van der Waals surface area contributed by atoms with Crippen LogP contribution in [0.2, 0.25) is 0 Å². The molecule has 1 rings (SSSR count). The molecule has 0 amide bonds. The Hall–Kier alpha value is -0.620. The van der Waals surface area contributed by atoms with Gasteiger partial charge in [-0.25, -0.2) is 4.68 Å². The van der Waals surface area contributed by atoms with Gasteiger partial charge in [0.05, 0.1) is 6.04 Å². The fourth-order valence-electron chi connectivity index (χ4n) is 1.21. The Bertz CT molecular complexity index is 282. The first-order valence-electron chi connectivity index (χ1n) is 4.03. The molecule has 1 aromatic rings. The molecular weight excluding hydrogens is 234 g/mol. The van der Waals surface area contributed by atoms with Crippen LogP contribution in [0, 0.1) is 0 Å². The Morgan fingerprint density at radius 3 is 2.62 bits per heavy atom. The molecule has 1 heterocycles. The largest absolute Gasteiger partial charge is 0.366 e. The van der Waals surface area contributed by atoms with Crippen LogP contribution in [0.5, 0.6) is 0 Å². The number of hydrogen-bond donors (Lipinski definition) is 1. The number of nitrogen functional groups attached to an aromatic ring is 1. The van der Waals surface area contributed by atoms with Crippen molar-refractivity contribution in [2.75, 3.05) is 26.4 Å². The van der Waals surface area contributed by atoms with Gasteiger partial charge in [-0.15, -0.1) is 5.10 Å². The van der Waals surface area contributed by atoms with Crippen molar-refractivity contribution in [2.45, 2.75) is 13.0 Å². The maximum Gasteiger partial charge on any atom is 0.240 e. The van der Waals surface area contributed by atoms with E-state index in [4.69, 9.17) is 5.73 Å². The van der Waals surface area contributed by atoms with Gasteiger partial charge in [-0.1, -0.05) is 0 Å². The minimum absolute atomic E-state index is 0.258. The smallest absolute Gasteiger partial charge is 0.240 e. The number of aromatic nitrogens is 3. The molecule has 0 fully saturated rings. The summed E-state index contributed by atoms with van der Waals surface area (Å²) in [7, 11) is 4.04. The van der Waals surface area contributed by atoms with E-state index in [1.54, 1.807) is 4.68 Å².